The maximum absolute atomic E-state index is 13.6. The number of piperidine rings is 1. The molecular weight excluding hydrogens is 621 g/mol. The number of likely N-dealkylation sites (tertiary alicyclic amines) is 1. The number of carbonyl (C=O) groups is 1. The number of anilines is 1. The Bertz CT molecular complexity index is 1750. The fourth-order valence-corrected chi connectivity index (χ4v) is 7.19. The molecule has 0 radical (unpaired) electrons. The zero-order valence-electron chi connectivity index (χ0n) is 27.2. The van der Waals surface area contributed by atoms with Crippen LogP contribution in [0.3, 0.4) is 0 Å². The summed E-state index contributed by atoms with van der Waals surface area (Å²) in [6.45, 7) is 13.1. The summed E-state index contributed by atoms with van der Waals surface area (Å²) >= 11 is 1.45. The van der Waals surface area contributed by atoms with Gasteiger partial charge in [-0.25, -0.2) is 8.42 Å². The molecule has 4 aromatic rings. The summed E-state index contributed by atoms with van der Waals surface area (Å²) in [4.78, 5) is 15.4. The number of nitrogens with zero attached hydrogens (tertiary/aromatic N) is 3. The van der Waals surface area contributed by atoms with Crippen LogP contribution in [0.5, 0.6) is 16.7 Å². The Hall–Kier alpha value is -3.96. The number of carbonyl (C=O) groups excluding carboxylic acids is 1. The van der Waals surface area contributed by atoms with E-state index in [9.17, 15) is 13.2 Å². The predicted molar refractivity (Wildman–Crippen MR) is 183 cm³/mol. The van der Waals surface area contributed by atoms with Gasteiger partial charge in [-0.1, -0.05) is 79.7 Å². The number of hydrogen-bond acceptors (Lipinski definition) is 8. The van der Waals surface area contributed by atoms with E-state index >= 15 is 0 Å². The first-order valence-electron chi connectivity index (χ1n) is 15.4. The first-order valence-corrected chi connectivity index (χ1v) is 17.9. The highest BCUT2D eigenvalue weighted by Crippen LogP contribution is 2.35. The summed E-state index contributed by atoms with van der Waals surface area (Å²) in [5, 5.41) is 9.86. The molecule has 1 saturated heterocycles. The SMILES string of the molecule is CC(C)(C)Oc1ccc(C(=O)N2CCC(c3ccc(Oc4nnc(C(C)(C)C)s4)cc3)CC2)cc1NS(=O)(=O)Cc1ccccc1. The van der Waals surface area contributed by atoms with Crippen molar-refractivity contribution in [3.8, 4) is 16.7 Å². The average molecular weight is 663 g/mol. The zero-order chi connectivity index (χ0) is 33.1. The number of aromatic nitrogens is 2. The molecule has 5 rings (SSSR count). The topological polar surface area (TPSA) is 111 Å². The van der Waals surface area contributed by atoms with E-state index in [1.165, 1.54) is 16.9 Å². The lowest BCUT2D eigenvalue weighted by atomic mass is 9.89. The van der Waals surface area contributed by atoms with Gasteiger partial charge in [-0.3, -0.25) is 9.52 Å². The van der Waals surface area contributed by atoms with Gasteiger partial charge in [0.05, 0.1) is 11.4 Å². The van der Waals surface area contributed by atoms with Crippen LogP contribution in [-0.2, 0) is 21.2 Å². The largest absolute Gasteiger partial charge is 0.486 e. The third kappa shape index (κ3) is 8.85. The Morgan fingerprint density at radius 2 is 1.61 bits per heavy atom. The van der Waals surface area contributed by atoms with E-state index in [0.29, 0.717) is 46.8 Å². The Morgan fingerprint density at radius 3 is 2.22 bits per heavy atom. The molecule has 9 nitrogen and oxygen atoms in total. The fraction of sp³-hybridized carbons (Fsp3) is 0.400. The molecule has 0 spiro atoms. The lowest BCUT2D eigenvalue weighted by molar-refractivity contribution is 0.0713. The standard InChI is InChI=1S/C35H42N4O5S2/c1-34(2,3)32-36-37-33(45-32)43-28-15-12-25(13-16-28)26-18-20-39(21-19-26)31(40)27-14-17-30(44-35(4,5)6)29(22-27)38-46(41,42)23-24-10-8-7-9-11-24/h7-17,22,26,38H,18-21,23H2,1-6H3. The fourth-order valence-electron chi connectivity index (χ4n) is 5.22. The van der Waals surface area contributed by atoms with Crippen molar-refractivity contribution in [1.29, 1.82) is 0 Å². The van der Waals surface area contributed by atoms with E-state index in [1.807, 2.05) is 43.9 Å². The number of hydrogen-bond donors (Lipinski definition) is 1. The van der Waals surface area contributed by atoms with E-state index < -0.39 is 15.6 Å². The van der Waals surface area contributed by atoms with Crippen molar-refractivity contribution >= 4 is 33.0 Å². The van der Waals surface area contributed by atoms with E-state index in [2.05, 4.69) is 47.8 Å². The van der Waals surface area contributed by atoms with Gasteiger partial charge < -0.3 is 14.4 Å². The molecular formula is C35H42N4O5S2. The number of amides is 1. The van der Waals surface area contributed by atoms with Gasteiger partial charge in [0.25, 0.3) is 11.1 Å². The van der Waals surface area contributed by atoms with Crippen LogP contribution in [0, 0.1) is 0 Å². The van der Waals surface area contributed by atoms with E-state index in [-0.39, 0.29) is 22.8 Å². The van der Waals surface area contributed by atoms with Crippen LogP contribution in [0.1, 0.15) is 86.8 Å². The summed E-state index contributed by atoms with van der Waals surface area (Å²) in [5.74, 6) is 1.06. The molecule has 1 amide bonds. The molecule has 1 N–H and O–H groups in total. The van der Waals surface area contributed by atoms with Crippen LogP contribution in [0.4, 0.5) is 5.69 Å². The van der Waals surface area contributed by atoms with Crippen LogP contribution < -0.4 is 14.2 Å². The van der Waals surface area contributed by atoms with Crippen LogP contribution >= 0.6 is 11.3 Å². The Morgan fingerprint density at radius 1 is 0.935 bits per heavy atom. The molecule has 46 heavy (non-hydrogen) atoms. The van der Waals surface area contributed by atoms with Crippen molar-refractivity contribution in [2.45, 2.75) is 77.1 Å². The smallest absolute Gasteiger partial charge is 0.299 e. The normalized spacial score (nSPS) is 14.6. The van der Waals surface area contributed by atoms with Gasteiger partial charge in [0.15, 0.2) is 0 Å². The minimum Gasteiger partial charge on any atom is -0.486 e. The highest BCUT2D eigenvalue weighted by Gasteiger charge is 2.27. The first kappa shape index (κ1) is 33.4. The third-order valence-corrected chi connectivity index (χ3v) is 9.97. The highest BCUT2D eigenvalue weighted by atomic mass is 32.2. The van der Waals surface area contributed by atoms with Crippen molar-refractivity contribution in [1.82, 2.24) is 15.1 Å². The quantitative estimate of drug-likeness (QED) is 0.195. The predicted octanol–water partition coefficient (Wildman–Crippen LogP) is 7.77. The number of rotatable bonds is 9. The van der Waals surface area contributed by atoms with Crippen LogP contribution in [0.15, 0.2) is 72.8 Å². The molecule has 2 heterocycles. The van der Waals surface area contributed by atoms with Gasteiger partial charge >= 0.3 is 0 Å². The molecule has 0 saturated carbocycles. The Labute approximate surface area is 276 Å². The molecule has 1 aliphatic heterocycles. The van der Waals surface area contributed by atoms with E-state index in [4.69, 9.17) is 9.47 Å². The van der Waals surface area contributed by atoms with Gasteiger partial charge in [0.1, 0.15) is 22.1 Å². The van der Waals surface area contributed by atoms with Gasteiger partial charge in [-0.15, -0.1) is 5.10 Å². The maximum atomic E-state index is 13.6. The summed E-state index contributed by atoms with van der Waals surface area (Å²) in [6, 6.07) is 22.0. The molecule has 3 aromatic carbocycles. The van der Waals surface area contributed by atoms with Gasteiger partial charge in [-0.05, 0) is 81.0 Å². The zero-order valence-corrected chi connectivity index (χ0v) is 28.9. The summed E-state index contributed by atoms with van der Waals surface area (Å²) in [6.07, 6.45) is 1.64. The highest BCUT2D eigenvalue weighted by molar-refractivity contribution is 7.91. The second-order valence-electron chi connectivity index (χ2n) is 13.6. The molecule has 11 heteroatoms. The maximum Gasteiger partial charge on any atom is 0.299 e. The van der Waals surface area contributed by atoms with Crippen LogP contribution in [0.25, 0.3) is 0 Å². The second kappa shape index (κ2) is 13.4. The average Bonchev–Trinajstić information content (AvgIpc) is 3.47. The Kier molecular flexibility index (Phi) is 9.74. The van der Waals surface area contributed by atoms with Gasteiger partial charge in [0.2, 0.25) is 10.0 Å². The summed E-state index contributed by atoms with van der Waals surface area (Å²) in [5.41, 5.74) is 1.88. The molecule has 244 valence electrons. The van der Waals surface area contributed by atoms with Gasteiger partial charge in [-0.2, -0.15) is 0 Å². The first-order chi connectivity index (χ1) is 21.6. The number of benzene rings is 3. The third-order valence-electron chi connectivity index (χ3n) is 7.49. The molecule has 1 fully saturated rings. The van der Waals surface area contributed by atoms with E-state index in [0.717, 1.165) is 17.8 Å². The van der Waals surface area contributed by atoms with Crippen LogP contribution in [-0.4, -0.2) is 48.1 Å². The van der Waals surface area contributed by atoms with Crippen molar-refractivity contribution < 1.29 is 22.7 Å². The molecule has 1 aromatic heterocycles. The lowest BCUT2D eigenvalue weighted by Gasteiger charge is -2.32. The van der Waals surface area contributed by atoms with Gasteiger partial charge in [0, 0.05) is 24.1 Å². The number of ether oxygens (including phenoxy) is 2. The minimum atomic E-state index is -3.77. The van der Waals surface area contributed by atoms with E-state index in [1.54, 1.807) is 42.5 Å². The monoisotopic (exact) mass is 662 g/mol. The van der Waals surface area contributed by atoms with Crippen molar-refractivity contribution in [3.63, 3.8) is 0 Å². The Balaban J connectivity index is 1.23. The van der Waals surface area contributed by atoms with Crippen LogP contribution in [0.2, 0.25) is 0 Å². The van der Waals surface area contributed by atoms with Crippen molar-refractivity contribution in [2.75, 3.05) is 17.8 Å². The summed E-state index contributed by atoms with van der Waals surface area (Å²) in [7, 11) is -3.77. The lowest BCUT2D eigenvalue weighted by Crippen LogP contribution is -2.38. The molecule has 1 aliphatic rings. The molecule has 0 bridgehead atoms. The second-order valence-corrected chi connectivity index (χ2v) is 16.3. The number of sulfonamides is 1. The molecule has 0 unspecified atom stereocenters. The molecule has 0 atom stereocenters. The number of nitrogens with one attached hydrogen (secondary N) is 1. The minimum absolute atomic E-state index is 0.0775. The van der Waals surface area contributed by atoms with Crippen molar-refractivity contribution in [2.24, 2.45) is 0 Å². The molecule has 0 aliphatic carbocycles. The summed E-state index contributed by atoms with van der Waals surface area (Å²) < 4.78 is 40.9. The van der Waals surface area contributed by atoms with Crippen molar-refractivity contribution in [3.05, 3.63) is 94.5 Å².